The summed E-state index contributed by atoms with van der Waals surface area (Å²) in [5.41, 5.74) is 7.09. The summed E-state index contributed by atoms with van der Waals surface area (Å²) in [6.45, 7) is 0. The van der Waals surface area contributed by atoms with Gasteiger partial charge in [0.15, 0.2) is 0 Å². The van der Waals surface area contributed by atoms with Crippen molar-refractivity contribution in [2.75, 3.05) is 11.5 Å². The first-order valence-electron chi connectivity index (χ1n) is 3.64. The molecule has 0 aromatic carbocycles. The molecule has 0 saturated heterocycles. The molecule has 1 aromatic rings. The van der Waals surface area contributed by atoms with Gasteiger partial charge in [-0.05, 0) is 6.07 Å². The number of thiol groups is 1. The van der Waals surface area contributed by atoms with Gasteiger partial charge < -0.3 is 5.73 Å². The van der Waals surface area contributed by atoms with E-state index in [0.29, 0.717) is 5.69 Å². The van der Waals surface area contributed by atoms with E-state index in [2.05, 4.69) is 29.5 Å². The molecule has 0 bridgehead atoms. The Bertz CT molecular complexity index is 312. The smallest absolute Gasteiger partial charge is 0.0659 e. The summed E-state index contributed by atoms with van der Waals surface area (Å²) < 4.78 is 0. The summed E-state index contributed by atoms with van der Waals surface area (Å²) in [7, 11) is 0. The van der Waals surface area contributed by atoms with Crippen LogP contribution in [0.25, 0.3) is 0 Å². The average Bonchev–Trinajstić information content (AvgIpc) is 2.09. The minimum absolute atomic E-state index is 0.629. The van der Waals surface area contributed by atoms with Crippen molar-refractivity contribution in [1.29, 1.82) is 0 Å². The molecule has 0 radical (unpaired) electrons. The summed E-state index contributed by atoms with van der Waals surface area (Å²) in [4.78, 5) is 3.87. The van der Waals surface area contributed by atoms with Crippen molar-refractivity contribution < 1.29 is 0 Å². The summed E-state index contributed by atoms with van der Waals surface area (Å²) in [6.07, 6.45) is 4.07. The van der Waals surface area contributed by atoms with Gasteiger partial charge in [-0.3, -0.25) is 4.98 Å². The number of rotatable bonds is 1. The van der Waals surface area contributed by atoms with Crippen molar-refractivity contribution in [3.05, 3.63) is 24.0 Å². The molecule has 1 heterocycles. The predicted octanol–water partition coefficient (Wildman–Crippen LogP) is 1.34. The van der Waals surface area contributed by atoms with E-state index in [4.69, 9.17) is 5.73 Å². The molecule has 0 atom stereocenters. The third kappa shape index (κ3) is 2.48. The Hall–Kier alpha value is -1.14. The van der Waals surface area contributed by atoms with E-state index in [1.165, 1.54) is 0 Å². The molecule has 3 heteroatoms. The van der Waals surface area contributed by atoms with Crippen LogP contribution in [0.4, 0.5) is 5.69 Å². The number of nitrogen functional groups attached to an aromatic ring is 1. The molecule has 0 aliphatic rings. The maximum absolute atomic E-state index is 5.62. The number of nitrogens with zero attached hydrogens (tertiary/aromatic N) is 1. The minimum Gasteiger partial charge on any atom is -0.396 e. The highest BCUT2D eigenvalue weighted by molar-refractivity contribution is 7.80. The highest BCUT2D eigenvalue weighted by Crippen LogP contribution is 2.05. The van der Waals surface area contributed by atoms with E-state index < -0.39 is 0 Å². The van der Waals surface area contributed by atoms with Crippen molar-refractivity contribution >= 4 is 18.3 Å². The Balaban J connectivity index is 2.77. The normalized spacial score (nSPS) is 8.75. The van der Waals surface area contributed by atoms with Crippen molar-refractivity contribution in [1.82, 2.24) is 4.98 Å². The van der Waals surface area contributed by atoms with Gasteiger partial charge in [-0.2, -0.15) is 12.6 Å². The lowest BCUT2D eigenvalue weighted by Crippen LogP contribution is -1.90. The molecule has 1 rings (SSSR count). The molecule has 2 nitrogen and oxygen atoms in total. The fourth-order valence-electron chi connectivity index (χ4n) is 0.734. The molecule has 0 aliphatic carbocycles. The van der Waals surface area contributed by atoms with Crippen LogP contribution in [0, 0.1) is 11.8 Å². The molecule has 62 valence electrons. The topological polar surface area (TPSA) is 38.9 Å². The van der Waals surface area contributed by atoms with E-state index in [9.17, 15) is 0 Å². The second kappa shape index (κ2) is 4.68. The zero-order valence-electron chi connectivity index (χ0n) is 6.62. The van der Waals surface area contributed by atoms with E-state index in [-0.39, 0.29) is 0 Å². The van der Waals surface area contributed by atoms with Gasteiger partial charge in [-0.15, -0.1) is 0 Å². The van der Waals surface area contributed by atoms with Crippen LogP contribution in [0.15, 0.2) is 18.5 Å². The summed E-state index contributed by atoms with van der Waals surface area (Å²) >= 11 is 4.05. The van der Waals surface area contributed by atoms with Crippen LogP contribution in [0.3, 0.4) is 0 Å². The first-order valence-corrected chi connectivity index (χ1v) is 4.27. The molecule has 0 aliphatic heterocycles. The van der Waals surface area contributed by atoms with E-state index in [0.717, 1.165) is 17.7 Å². The quantitative estimate of drug-likeness (QED) is 0.503. The zero-order valence-corrected chi connectivity index (χ0v) is 7.51. The summed E-state index contributed by atoms with van der Waals surface area (Å²) in [5, 5.41) is 0. The third-order valence-electron chi connectivity index (χ3n) is 1.31. The molecular weight excluding hydrogens is 168 g/mol. The van der Waals surface area contributed by atoms with Gasteiger partial charge in [0, 0.05) is 18.4 Å². The lowest BCUT2D eigenvalue weighted by Gasteiger charge is -1.93. The van der Waals surface area contributed by atoms with Gasteiger partial charge >= 0.3 is 0 Å². The number of hydrogen-bond donors (Lipinski definition) is 2. The number of anilines is 1. The highest BCUT2D eigenvalue weighted by Gasteiger charge is 1.90. The molecule has 1 aromatic heterocycles. The molecule has 0 fully saturated rings. The second-order valence-electron chi connectivity index (χ2n) is 2.24. The van der Waals surface area contributed by atoms with Crippen LogP contribution >= 0.6 is 12.6 Å². The van der Waals surface area contributed by atoms with E-state index in [1.54, 1.807) is 18.5 Å². The fourth-order valence-corrected chi connectivity index (χ4v) is 0.846. The number of aromatic nitrogens is 1. The molecule has 2 N–H and O–H groups in total. The van der Waals surface area contributed by atoms with Crippen molar-refractivity contribution in [3.8, 4) is 11.8 Å². The second-order valence-corrected chi connectivity index (χ2v) is 2.69. The lowest BCUT2D eigenvalue weighted by molar-refractivity contribution is 1.30. The van der Waals surface area contributed by atoms with Crippen molar-refractivity contribution in [2.24, 2.45) is 0 Å². The van der Waals surface area contributed by atoms with Crippen LogP contribution in [0.1, 0.15) is 12.0 Å². The molecule has 0 amide bonds. The minimum atomic E-state index is 0.629. The maximum Gasteiger partial charge on any atom is 0.0659 e. The van der Waals surface area contributed by atoms with Crippen LogP contribution in [0.2, 0.25) is 0 Å². The largest absolute Gasteiger partial charge is 0.396 e. The van der Waals surface area contributed by atoms with Gasteiger partial charge in [-0.25, -0.2) is 0 Å². The molecular formula is C9H10N2S. The third-order valence-corrected chi connectivity index (χ3v) is 1.54. The maximum atomic E-state index is 5.62. The van der Waals surface area contributed by atoms with Gasteiger partial charge in [0.1, 0.15) is 0 Å². The van der Waals surface area contributed by atoms with Gasteiger partial charge in [0.05, 0.1) is 17.4 Å². The van der Waals surface area contributed by atoms with Crippen molar-refractivity contribution in [2.45, 2.75) is 6.42 Å². The average molecular weight is 178 g/mol. The van der Waals surface area contributed by atoms with Crippen LogP contribution in [-0.2, 0) is 0 Å². The van der Waals surface area contributed by atoms with Crippen LogP contribution in [-0.4, -0.2) is 10.7 Å². The first-order chi connectivity index (χ1) is 5.84. The molecule has 0 saturated carbocycles. The molecule has 12 heavy (non-hydrogen) atoms. The SMILES string of the molecule is Nc1cnccc1C#CCCS. The first kappa shape index (κ1) is 8.95. The standard InChI is InChI=1S/C9H10N2S/c10-9-7-11-5-4-8(9)3-1-2-6-12/h4-5,7,12H,2,6,10H2. The van der Waals surface area contributed by atoms with Gasteiger partial charge in [0.25, 0.3) is 0 Å². The van der Waals surface area contributed by atoms with E-state index >= 15 is 0 Å². The fraction of sp³-hybridized carbons (Fsp3) is 0.222. The molecule has 0 unspecified atom stereocenters. The van der Waals surface area contributed by atoms with Crippen molar-refractivity contribution in [3.63, 3.8) is 0 Å². The predicted molar refractivity (Wildman–Crippen MR) is 54.0 cm³/mol. The lowest BCUT2D eigenvalue weighted by atomic mass is 10.2. The number of nitrogens with two attached hydrogens (primary N) is 1. The van der Waals surface area contributed by atoms with E-state index in [1.807, 2.05) is 0 Å². The van der Waals surface area contributed by atoms with Gasteiger partial charge in [0.2, 0.25) is 0 Å². The Morgan fingerprint density at radius 1 is 1.58 bits per heavy atom. The molecule has 0 spiro atoms. The monoisotopic (exact) mass is 178 g/mol. The van der Waals surface area contributed by atoms with Gasteiger partial charge in [-0.1, -0.05) is 11.8 Å². The van der Waals surface area contributed by atoms with Crippen LogP contribution in [0.5, 0.6) is 0 Å². The number of hydrogen-bond acceptors (Lipinski definition) is 3. The Kier molecular flexibility index (Phi) is 3.49. The Morgan fingerprint density at radius 3 is 3.08 bits per heavy atom. The van der Waals surface area contributed by atoms with Crippen LogP contribution < -0.4 is 5.73 Å². The summed E-state index contributed by atoms with van der Waals surface area (Å²) in [6, 6.07) is 1.81. The summed E-state index contributed by atoms with van der Waals surface area (Å²) in [5.74, 6) is 6.68. The number of pyridine rings is 1. The Morgan fingerprint density at radius 2 is 2.42 bits per heavy atom. The Labute approximate surface area is 77.6 Å². The zero-order chi connectivity index (χ0) is 8.81. The highest BCUT2D eigenvalue weighted by atomic mass is 32.1.